The molecule has 318 valence electrons. The fourth-order valence-corrected chi connectivity index (χ4v) is 7.39. The number of nitrogens with two attached hydrogens (primary N) is 1. The third-order valence-electron chi connectivity index (χ3n) is 10.9. The monoisotopic (exact) mass is 769 g/mol. The third kappa shape index (κ3) is 26.3. The molecule has 0 bridgehead atoms. The molecule has 0 spiro atoms. The molecule has 0 unspecified atom stereocenters. The van der Waals surface area contributed by atoms with Gasteiger partial charge in [-0.3, -0.25) is 0 Å². The van der Waals surface area contributed by atoms with Crippen LogP contribution in [0.15, 0.2) is 18.3 Å². The van der Waals surface area contributed by atoms with Crippen LogP contribution in [0.2, 0.25) is 0 Å². The van der Waals surface area contributed by atoms with Crippen molar-refractivity contribution in [3.05, 3.63) is 29.6 Å². The summed E-state index contributed by atoms with van der Waals surface area (Å²) < 4.78 is 21.7. The molecule has 0 radical (unpaired) electrons. The predicted octanol–water partition coefficient (Wildman–Crippen LogP) is 14.1. The summed E-state index contributed by atoms with van der Waals surface area (Å²) >= 11 is 0. The molecule has 7 heteroatoms. The highest BCUT2D eigenvalue weighted by Crippen LogP contribution is 2.40. The Kier molecular flexibility index (Phi) is 32.1. The Morgan fingerprint density at radius 1 is 0.473 bits per heavy atom. The van der Waals surface area contributed by atoms with Crippen molar-refractivity contribution in [3.63, 3.8) is 0 Å². The van der Waals surface area contributed by atoms with Gasteiger partial charge in [-0.1, -0.05) is 199 Å². The second kappa shape index (κ2) is 36.1. The van der Waals surface area contributed by atoms with Gasteiger partial charge in [0.15, 0.2) is 11.5 Å². The number of aromatic nitrogens is 3. The fourth-order valence-electron chi connectivity index (χ4n) is 7.39. The molecule has 55 heavy (non-hydrogen) atoms. The molecule has 2 aromatic rings. The zero-order chi connectivity index (χ0) is 39.3. The van der Waals surface area contributed by atoms with E-state index >= 15 is 0 Å². The molecule has 0 aliphatic carbocycles. The lowest BCUT2D eigenvalue weighted by Crippen LogP contribution is -2.08. The zero-order valence-electron chi connectivity index (χ0n) is 36.5. The summed E-state index contributed by atoms with van der Waals surface area (Å²) in [5, 5.41) is 8.83. The van der Waals surface area contributed by atoms with Crippen LogP contribution in [-0.4, -0.2) is 41.4 Å². The molecule has 0 aliphatic rings. The number of ether oxygens (including phenoxy) is 3. The highest BCUT2D eigenvalue weighted by atomic mass is 16.5. The summed E-state index contributed by atoms with van der Waals surface area (Å²) in [7, 11) is 0. The SMILES string of the molecule is CCCCCCCCCCCCOc1cc(Cn2cc(CCCN)nn2)cc(OCCCCCCCCCCCC)c1OCCCCCCCCCCCC. The maximum absolute atomic E-state index is 6.60. The predicted molar refractivity (Wildman–Crippen MR) is 235 cm³/mol. The number of benzene rings is 1. The van der Waals surface area contributed by atoms with Crippen molar-refractivity contribution in [2.24, 2.45) is 5.73 Å². The number of rotatable bonds is 41. The molecule has 0 atom stereocenters. The highest BCUT2D eigenvalue weighted by molar-refractivity contribution is 5.54. The highest BCUT2D eigenvalue weighted by Gasteiger charge is 2.17. The van der Waals surface area contributed by atoms with E-state index < -0.39 is 0 Å². The maximum atomic E-state index is 6.60. The van der Waals surface area contributed by atoms with Gasteiger partial charge in [0.1, 0.15) is 0 Å². The van der Waals surface area contributed by atoms with Crippen LogP contribution < -0.4 is 19.9 Å². The second-order valence-electron chi connectivity index (χ2n) is 16.3. The molecule has 1 aromatic carbocycles. The minimum atomic E-state index is 0.609. The van der Waals surface area contributed by atoms with E-state index in [1.807, 2.05) is 10.9 Å². The van der Waals surface area contributed by atoms with E-state index in [4.69, 9.17) is 19.9 Å². The smallest absolute Gasteiger partial charge is 0.203 e. The van der Waals surface area contributed by atoms with Crippen molar-refractivity contribution < 1.29 is 14.2 Å². The Balaban J connectivity index is 2.03. The van der Waals surface area contributed by atoms with E-state index in [1.165, 1.54) is 173 Å². The van der Waals surface area contributed by atoms with Crippen LogP contribution >= 0.6 is 0 Å². The van der Waals surface area contributed by atoms with Gasteiger partial charge in [-0.2, -0.15) is 0 Å². The third-order valence-corrected chi connectivity index (χ3v) is 10.9. The lowest BCUT2D eigenvalue weighted by atomic mass is 10.1. The van der Waals surface area contributed by atoms with Crippen molar-refractivity contribution >= 4 is 0 Å². The lowest BCUT2D eigenvalue weighted by molar-refractivity contribution is 0.233. The van der Waals surface area contributed by atoms with Gasteiger partial charge in [-0.15, -0.1) is 5.10 Å². The molecule has 0 saturated heterocycles. The van der Waals surface area contributed by atoms with Crippen LogP contribution in [0.3, 0.4) is 0 Å². The Labute approximate surface area is 340 Å². The average molecular weight is 769 g/mol. The van der Waals surface area contributed by atoms with Crippen LogP contribution in [0.25, 0.3) is 0 Å². The molecule has 0 aliphatic heterocycles. The summed E-state index contributed by atoms with van der Waals surface area (Å²) in [4.78, 5) is 0. The summed E-state index contributed by atoms with van der Waals surface area (Å²) in [6, 6.07) is 4.30. The molecule has 2 rings (SSSR count). The van der Waals surface area contributed by atoms with Gasteiger partial charge in [0.25, 0.3) is 0 Å². The van der Waals surface area contributed by atoms with Gasteiger partial charge < -0.3 is 19.9 Å². The van der Waals surface area contributed by atoms with Crippen LogP contribution in [0, 0.1) is 0 Å². The normalized spacial score (nSPS) is 11.4. The van der Waals surface area contributed by atoms with Gasteiger partial charge in [0, 0.05) is 6.20 Å². The average Bonchev–Trinajstić information content (AvgIpc) is 3.64. The first-order valence-electron chi connectivity index (χ1n) is 23.9. The number of unbranched alkanes of at least 4 members (excludes halogenated alkanes) is 27. The standard InChI is InChI=1S/C48H88N4O3/c1-4-7-10-13-16-19-22-25-28-31-37-53-46-40-44(42-52-43-45(50-51-52)35-34-36-49)41-47(54-38-32-29-26-23-20-17-14-11-8-5-2)48(46)55-39-33-30-27-24-21-18-15-12-9-6-3/h40-41,43H,4-39,42,49H2,1-3H3. The number of aryl methyl sites for hydroxylation is 1. The Hall–Kier alpha value is -2.28. The summed E-state index contributed by atoms with van der Waals surface area (Å²) in [6.07, 6.45) is 43.1. The first-order valence-corrected chi connectivity index (χ1v) is 23.9. The van der Waals surface area contributed by atoms with E-state index in [1.54, 1.807) is 0 Å². The largest absolute Gasteiger partial charge is 0.490 e. The van der Waals surface area contributed by atoms with Gasteiger partial charge in [-0.25, -0.2) is 4.68 Å². The Bertz CT molecular complexity index is 1080. The van der Waals surface area contributed by atoms with Crippen molar-refractivity contribution in [3.8, 4) is 17.2 Å². The lowest BCUT2D eigenvalue weighted by Gasteiger charge is -2.19. The summed E-state index contributed by atoms with van der Waals surface area (Å²) in [5.41, 5.74) is 7.83. The summed E-state index contributed by atoms with van der Waals surface area (Å²) in [6.45, 7) is 10.2. The van der Waals surface area contributed by atoms with Gasteiger partial charge in [0.05, 0.1) is 32.1 Å². The molecule has 2 N–H and O–H groups in total. The molecule has 0 saturated carbocycles. The second-order valence-corrected chi connectivity index (χ2v) is 16.3. The topological polar surface area (TPSA) is 84.4 Å². The Morgan fingerprint density at radius 2 is 0.836 bits per heavy atom. The summed E-state index contributed by atoms with van der Waals surface area (Å²) in [5.74, 6) is 2.39. The molecular formula is C48H88N4O3. The van der Waals surface area contributed by atoms with Crippen LogP contribution in [0.1, 0.15) is 231 Å². The maximum Gasteiger partial charge on any atom is 0.203 e. The van der Waals surface area contributed by atoms with E-state index in [0.29, 0.717) is 32.9 Å². The molecule has 7 nitrogen and oxygen atoms in total. The van der Waals surface area contributed by atoms with E-state index in [2.05, 4.69) is 43.2 Å². The van der Waals surface area contributed by atoms with Gasteiger partial charge in [0.2, 0.25) is 5.75 Å². The number of nitrogens with zero attached hydrogens (tertiary/aromatic N) is 3. The zero-order valence-corrected chi connectivity index (χ0v) is 36.5. The van der Waals surface area contributed by atoms with Crippen LogP contribution in [0.5, 0.6) is 17.2 Å². The minimum Gasteiger partial charge on any atom is -0.490 e. The Morgan fingerprint density at radius 3 is 1.22 bits per heavy atom. The molecule has 0 fully saturated rings. The molecule has 1 heterocycles. The molecule has 0 amide bonds. The van der Waals surface area contributed by atoms with Crippen molar-refractivity contribution in [1.82, 2.24) is 15.0 Å². The first-order chi connectivity index (χ1) is 27.2. The van der Waals surface area contributed by atoms with Gasteiger partial charge >= 0.3 is 0 Å². The van der Waals surface area contributed by atoms with Crippen LogP contribution in [-0.2, 0) is 13.0 Å². The van der Waals surface area contributed by atoms with Crippen LogP contribution in [0.4, 0.5) is 0 Å². The van der Waals surface area contributed by atoms with Crippen molar-refractivity contribution in [2.45, 2.75) is 233 Å². The quantitative estimate of drug-likeness (QED) is 0.0678. The number of hydrogen-bond acceptors (Lipinski definition) is 6. The van der Waals surface area contributed by atoms with Crippen molar-refractivity contribution in [1.29, 1.82) is 0 Å². The number of hydrogen-bond donors (Lipinski definition) is 1. The fraction of sp³-hybridized carbons (Fsp3) is 0.833. The van der Waals surface area contributed by atoms with E-state index in [0.717, 1.165) is 60.6 Å². The molecular weight excluding hydrogens is 681 g/mol. The van der Waals surface area contributed by atoms with Crippen molar-refractivity contribution in [2.75, 3.05) is 26.4 Å². The van der Waals surface area contributed by atoms with E-state index in [-0.39, 0.29) is 0 Å². The van der Waals surface area contributed by atoms with Gasteiger partial charge in [-0.05, 0) is 56.3 Å². The first kappa shape index (κ1) is 48.9. The minimum absolute atomic E-state index is 0.609. The van der Waals surface area contributed by atoms with E-state index in [9.17, 15) is 0 Å². The molecule has 1 aromatic heterocycles.